The molecule has 8 heteroatoms. The Balaban J connectivity index is 2.27. The second-order valence-electron chi connectivity index (χ2n) is 5.20. The highest BCUT2D eigenvalue weighted by Crippen LogP contribution is 2.22. The van der Waals surface area contributed by atoms with Gasteiger partial charge in [0, 0.05) is 31.1 Å². The van der Waals surface area contributed by atoms with E-state index >= 15 is 0 Å². The second-order valence-corrected chi connectivity index (χ2v) is 7.22. The molecule has 1 saturated heterocycles. The van der Waals surface area contributed by atoms with E-state index in [0.29, 0.717) is 26.1 Å². The van der Waals surface area contributed by atoms with Crippen molar-refractivity contribution in [3.05, 3.63) is 23.8 Å². The first-order chi connectivity index (χ1) is 10.3. The maximum atomic E-state index is 12.1. The number of carboxylic acid groups (broad SMARTS) is 1. The van der Waals surface area contributed by atoms with Crippen molar-refractivity contribution in [2.24, 2.45) is 5.92 Å². The third-order valence-corrected chi connectivity index (χ3v) is 4.53. The van der Waals surface area contributed by atoms with Crippen molar-refractivity contribution in [2.45, 2.75) is 17.7 Å². The van der Waals surface area contributed by atoms with Gasteiger partial charge in [-0.25, -0.2) is 13.2 Å². The summed E-state index contributed by atoms with van der Waals surface area (Å²) in [6.07, 6.45) is 2.16. The number of rotatable bonds is 4. The van der Waals surface area contributed by atoms with Crippen LogP contribution in [0.25, 0.3) is 0 Å². The zero-order valence-corrected chi connectivity index (χ0v) is 12.9. The van der Waals surface area contributed by atoms with Crippen LogP contribution in [-0.2, 0) is 19.4 Å². The van der Waals surface area contributed by atoms with Crippen LogP contribution >= 0.6 is 0 Å². The highest BCUT2D eigenvalue weighted by atomic mass is 32.2. The molecule has 7 nitrogen and oxygen atoms in total. The van der Waals surface area contributed by atoms with E-state index in [1.54, 1.807) is 0 Å². The minimum absolute atomic E-state index is 0.144. The van der Waals surface area contributed by atoms with E-state index in [1.807, 2.05) is 0 Å². The third kappa shape index (κ3) is 4.05. The minimum atomic E-state index is -3.58. The molecule has 0 atom stereocenters. The lowest BCUT2D eigenvalue weighted by Gasteiger charge is -2.21. The van der Waals surface area contributed by atoms with Gasteiger partial charge in [-0.05, 0) is 31.0 Å². The van der Waals surface area contributed by atoms with E-state index in [0.717, 1.165) is 12.3 Å². The lowest BCUT2D eigenvalue weighted by atomic mass is 9.99. The van der Waals surface area contributed by atoms with Crippen molar-refractivity contribution in [1.29, 1.82) is 0 Å². The van der Waals surface area contributed by atoms with Gasteiger partial charge in [-0.2, -0.15) is 0 Å². The van der Waals surface area contributed by atoms with E-state index in [1.165, 1.54) is 12.1 Å². The summed E-state index contributed by atoms with van der Waals surface area (Å²) in [5.74, 6) is -1.73. The van der Waals surface area contributed by atoms with Crippen LogP contribution in [0.2, 0.25) is 0 Å². The van der Waals surface area contributed by atoms with Crippen molar-refractivity contribution in [2.75, 3.05) is 24.8 Å². The van der Waals surface area contributed by atoms with Gasteiger partial charge in [-0.3, -0.25) is 4.79 Å². The fraction of sp³-hybridized carbons (Fsp3) is 0.429. The number of carboxylic acids is 1. The fourth-order valence-electron chi connectivity index (χ4n) is 2.21. The number of sulfone groups is 1. The second kappa shape index (κ2) is 6.45. The molecule has 1 fully saturated rings. The summed E-state index contributed by atoms with van der Waals surface area (Å²) in [4.78, 5) is 23.1. The highest BCUT2D eigenvalue weighted by Gasteiger charge is 2.22. The molecule has 1 amide bonds. The summed E-state index contributed by atoms with van der Waals surface area (Å²) < 4.78 is 28.4. The summed E-state index contributed by atoms with van der Waals surface area (Å²) in [6, 6.07) is 3.58. The van der Waals surface area contributed by atoms with Gasteiger partial charge in [0.1, 0.15) is 0 Å². The highest BCUT2D eigenvalue weighted by molar-refractivity contribution is 7.90. The average Bonchev–Trinajstić information content (AvgIpc) is 2.46. The van der Waals surface area contributed by atoms with E-state index in [4.69, 9.17) is 9.84 Å². The molecule has 0 bridgehead atoms. The number of hydrogen-bond acceptors (Lipinski definition) is 5. The molecule has 1 aliphatic heterocycles. The van der Waals surface area contributed by atoms with Crippen LogP contribution in [-0.4, -0.2) is 44.9 Å². The number of amides is 1. The van der Waals surface area contributed by atoms with Gasteiger partial charge >= 0.3 is 5.97 Å². The molecule has 2 rings (SSSR count). The molecule has 2 N–H and O–H groups in total. The Labute approximate surface area is 128 Å². The number of benzene rings is 1. The van der Waals surface area contributed by atoms with Crippen LogP contribution in [0.1, 0.15) is 23.2 Å². The molecule has 0 spiro atoms. The molecule has 1 aromatic rings. The zero-order chi connectivity index (χ0) is 16.3. The SMILES string of the molecule is CS(=O)(=O)c1cc(NC(=O)C2CCOCC2)cc(C(=O)O)c1. The van der Waals surface area contributed by atoms with Crippen LogP contribution in [0.3, 0.4) is 0 Å². The molecule has 1 heterocycles. The Morgan fingerprint density at radius 1 is 1.23 bits per heavy atom. The summed E-state index contributed by atoms with van der Waals surface area (Å²) in [5, 5.41) is 11.7. The molecule has 0 aliphatic carbocycles. The van der Waals surface area contributed by atoms with E-state index in [-0.39, 0.29) is 28.0 Å². The van der Waals surface area contributed by atoms with E-state index < -0.39 is 15.8 Å². The molecule has 120 valence electrons. The fourth-order valence-corrected chi connectivity index (χ4v) is 2.89. The zero-order valence-electron chi connectivity index (χ0n) is 12.0. The summed E-state index contributed by atoms with van der Waals surface area (Å²) in [5.41, 5.74) is -0.0259. The number of nitrogens with one attached hydrogen (secondary N) is 1. The molecule has 0 radical (unpaired) electrons. The first kappa shape index (κ1) is 16.4. The molecule has 22 heavy (non-hydrogen) atoms. The Hall–Kier alpha value is -1.93. The summed E-state index contributed by atoms with van der Waals surface area (Å²) in [6.45, 7) is 1.00. The Bertz CT molecular complexity index is 691. The van der Waals surface area contributed by atoms with Crippen LogP contribution in [0.4, 0.5) is 5.69 Å². The van der Waals surface area contributed by atoms with Crippen LogP contribution < -0.4 is 5.32 Å². The molecule has 1 aliphatic rings. The van der Waals surface area contributed by atoms with Gasteiger partial charge in [0.15, 0.2) is 9.84 Å². The van der Waals surface area contributed by atoms with Gasteiger partial charge in [0.05, 0.1) is 10.5 Å². The van der Waals surface area contributed by atoms with Crippen molar-refractivity contribution < 1.29 is 27.9 Å². The topological polar surface area (TPSA) is 110 Å². The van der Waals surface area contributed by atoms with E-state index in [9.17, 15) is 18.0 Å². The molecule has 1 aromatic carbocycles. The lowest BCUT2D eigenvalue weighted by Crippen LogP contribution is -2.28. The normalized spacial score (nSPS) is 16.2. The predicted molar refractivity (Wildman–Crippen MR) is 78.7 cm³/mol. The predicted octanol–water partition coefficient (Wildman–Crippen LogP) is 1.15. The van der Waals surface area contributed by atoms with Gasteiger partial charge in [0.25, 0.3) is 0 Å². The number of carbonyl (C=O) groups excluding carboxylic acids is 1. The number of aromatic carboxylic acids is 1. The number of carbonyl (C=O) groups is 2. The molecular formula is C14H17NO6S. The van der Waals surface area contributed by atoms with Gasteiger partial charge in [-0.1, -0.05) is 0 Å². The Morgan fingerprint density at radius 2 is 1.86 bits per heavy atom. The number of anilines is 1. The van der Waals surface area contributed by atoms with Crippen LogP contribution in [0.15, 0.2) is 23.1 Å². The number of hydrogen-bond donors (Lipinski definition) is 2. The third-order valence-electron chi connectivity index (χ3n) is 3.44. The molecular weight excluding hydrogens is 310 g/mol. The van der Waals surface area contributed by atoms with Crippen LogP contribution in [0, 0.1) is 5.92 Å². The Kier molecular flexibility index (Phi) is 4.82. The smallest absolute Gasteiger partial charge is 0.335 e. The summed E-state index contributed by atoms with van der Waals surface area (Å²) >= 11 is 0. The van der Waals surface area contributed by atoms with Crippen molar-refractivity contribution in [3.8, 4) is 0 Å². The first-order valence-electron chi connectivity index (χ1n) is 6.74. The molecule has 0 saturated carbocycles. The van der Waals surface area contributed by atoms with Crippen molar-refractivity contribution in [3.63, 3.8) is 0 Å². The average molecular weight is 327 g/mol. The lowest BCUT2D eigenvalue weighted by molar-refractivity contribution is -0.122. The molecule has 0 unspecified atom stereocenters. The molecule has 0 aromatic heterocycles. The maximum absolute atomic E-state index is 12.1. The summed E-state index contributed by atoms with van der Waals surface area (Å²) in [7, 11) is -3.58. The quantitative estimate of drug-likeness (QED) is 0.858. The van der Waals surface area contributed by atoms with Crippen molar-refractivity contribution >= 4 is 27.4 Å². The maximum Gasteiger partial charge on any atom is 0.335 e. The minimum Gasteiger partial charge on any atom is -0.478 e. The largest absolute Gasteiger partial charge is 0.478 e. The Morgan fingerprint density at radius 3 is 2.41 bits per heavy atom. The van der Waals surface area contributed by atoms with Gasteiger partial charge in [-0.15, -0.1) is 0 Å². The van der Waals surface area contributed by atoms with Crippen LogP contribution in [0.5, 0.6) is 0 Å². The standard InChI is InChI=1S/C14H17NO6S/c1-22(19,20)12-7-10(14(17)18)6-11(8-12)15-13(16)9-2-4-21-5-3-9/h6-9H,2-5H2,1H3,(H,15,16)(H,17,18). The van der Waals surface area contributed by atoms with Crippen molar-refractivity contribution in [1.82, 2.24) is 0 Å². The monoisotopic (exact) mass is 327 g/mol. The van der Waals surface area contributed by atoms with Gasteiger partial charge in [0.2, 0.25) is 5.91 Å². The first-order valence-corrected chi connectivity index (χ1v) is 8.63. The number of ether oxygens (including phenoxy) is 1. The van der Waals surface area contributed by atoms with Gasteiger partial charge < -0.3 is 15.2 Å². The van der Waals surface area contributed by atoms with E-state index in [2.05, 4.69) is 5.32 Å².